The highest BCUT2D eigenvalue weighted by atomic mass is 16.5. The number of hydrogen-bond donors (Lipinski definition) is 2. The largest absolute Gasteiger partial charge is 0.507 e. The molecule has 0 aliphatic carbocycles. The van der Waals surface area contributed by atoms with Gasteiger partial charge in [-0.2, -0.15) is 0 Å². The Morgan fingerprint density at radius 3 is 2.50 bits per heavy atom. The van der Waals surface area contributed by atoms with Gasteiger partial charge in [-0.1, -0.05) is 0 Å². The smallest absolute Gasteiger partial charge is 0.164 e. The lowest BCUT2D eigenvalue weighted by Gasteiger charge is -2.08. The number of rotatable bonds is 3. The molecule has 0 spiro atoms. The Balaban J connectivity index is 3.17. The Hall–Kier alpha value is -1.71. The molecule has 0 amide bonds. The first-order valence-corrected chi connectivity index (χ1v) is 4.26. The lowest BCUT2D eigenvalue weighted by atomic mass is 10.1. The SMILES string of the molecule is CCOc1cc(O)c(C(C)=O)cc1O. The van der Waals surface area contributed by atoms with Gasteiger partial charge in [0, 0.05) is 6.07 Å². The van der Waals surface area contributed by atoms with Gasteiger partial charge in [0.25, 0.3) is 0 Å². The van der Waals surface area contributed by atoms with E-state index in [0.717, 1.165) is 0 Å². The van der Waals surface area contributed by atoms with Gasteiger partial charge in [-0.15, -0.1) is 0 Å². The summed E-state index contributed by atoms with van der Waals surface area (Å²) in [5, 5.41) is 18.8. The van der Waals surface area contributed by atoms with Crippen molar-refractivity contribution in [1.29, 1.82) is 0 Å². The van der Waals surface area contributed by atoms with E-state index < -0.39 is 0 Å². The number of ether oxygens (including phenoxy) is 1. The third-order valence-electron chi connectivity index (χ3n) is 1.76. The van der Waals surface area contributed by atoms with E-state index in [1.54, 1.807) is 6.92 Å². The molecule has 0 atom stereocenters. The molecule has 2 N–H and O–H groups in total. The van der Waals surface area contributed by atoms with Gasteiger partial charge in [0.15, 0.2) is 17.3 Å². The molecule has 0 aliphatic rings. The third-order valence-corrected chi connectivity index (χ3v) is 1.76. The van der Waals surface area contributed by atoms with Crippen LogP contribution in [0.1, 0.15) is 24.2 Å². The van der Waals surface area contributed by atoms with Gasteiger partial charge in [0.1, 0.15) is 5.75 Å². The Morgan fingerprint density at radius 1 is 1.36 bits per heavy atom. The van der Waals surface area contributed by atoms with Crippen molar-refractivity contribution >= 4 is 5.78 Å². The number of phenols is 2. The van der Waals surface area contributed by atoms with E-state index in [1.165, 1.54) is 19.1 Å². The molecule has 4 heteroatoms. The summed E-state index contributed by atoms with van der Waals surface area (Å²) in [4.78, 5) is 11.0. The minimum atomic E-state index is -0.305. The average Bonchev–Trinajstić information content (AvgIpc) is 2.10. The predicted octanol–water partition coefficient (Wildman–Crippen LogP) is 1.70. The maximum absolute atomic E-state index is 11.0. The Labute approximate surface area is 81.8 Å². The van der Waals surface area contributed by atoms with Gasteiger partial charge in [-0.05, 0) is 19.9 Å². The minimum absolute atomic E-state index is 0.0888. The topological polar surface area (TPSA) is 66.8 Å². The van der Waals surface area contributed by atoms with Crippen LogP contribution in [0, 0.1) is 0 Å². The van der Waals surface area contributed by atoms with E-state index in [0.29, 0.717) is 6.61 Å². The van der Waals surface area contributed by atoms with Crippen LogP contribution in [0.3, 0.4) is 0 Å². The number of aromatic hydroxyl groups is 2. The predicted molar refractivity (Wildman–Crippen MR) is 50.9 cm³/mol. The quantitative estimate of drug-likeness (QED) is 0.570. The Bertz CT molecular complexity index is 357. The van der Waals surface area contributed by atoms with E-state index in [-0.39, 0.29) is 28.6 Å². The van der Waals surface area contributed by atoms with Crippen molar-refractivity contribution in [3.63, 3.8) is 0 Å². The van der Waals surface area contributed by atoms with Crippen molar-refractivity contribution in [2.45, 2.75) is 13.8 Å². The molecule has 0 fully saturated rings. The first-order valence-electron chi connectivity index (χ1n) is 4.26. The minimum Gasteiger partial charge on any atom is -0.507 e. The van der Waals surface area contributed by atoms with Crippen molar-refractivity contribution in [3.8, 4) is 17.2 Å². The van der Waals surface area contributed by atoms with Crippen LogP contribution in [-0.2, 0) is 0 Å². The summed E-state index contributed by atoms with van der Waals surface area (Å²) in [6.45, 7) is 3.45. The normalized spacial score (nSPS) is 9.86. The van der Waals surface area contributed by atoms with Gasteiger partial charge in [0.2, 0.25) is 0 Å². The van der Waals surface area contributed by atoms with E-state index in [4.69, 9.17) is 4.74 Å². The highest BCUT2D eigenvalue weighted by Gasteiger charge is 2.12. The molecular weight excluding hydrogens is 184 g/mol. The molecule has 0 unspecified atom stereocenters. The molecule has 0 aromatic heterocycles. The van der Waals surface area contributed by atoms with Crippen molar-refractivity contribution in [2.75, 3.05) is 6.61 Å². The van der Waals surface area contributed by atoms with Crippen molar-refractivity contribution < 1.29 is 19.7 Å². The monoisotopic (exact) mass is 196 g/mol. The number of hydrogen-bond acceptors (Lipinski definition) is 4. The van der Waals surface area contributed by atoms with Gasteiger partial charge in [0.05, 0.1) is 12.2 Å². The summed E-state index contributed by atoms with van der Waals surface area (Å²) < 4.78 is 5.03. The molecule has 0 saturated heterocycles. The number of benzene rings is 1. The van der Waals surface area contributed by atoms with E-state index >= 15 is 0 Å². The standard InChI is InChI=1S/C10H12O4/c1-3-14-10-5-8(12)7(6(2)11)4-9(10)13/h4-5,12-13H,3H2,1-2H3. The lowest BCUT2D eigenvalue weighted by molar-refractivity contribution is 0.101. The van der Waals surface area contributed by atoms with Gasteiger partial charge in [-0.25, -0.2) is 0 Å². The fourth-order valence-electron chi connectivity index (χ4n) is 1.11. The van der Waals surface area contributed by atoms with Crippen LogP contribution in [0.25, 0.3) is 0 Å². The number of carbonyl (C=O) groups is 1. The summed E-state index contributed by atoms with van der Waals surface area (Å²) in [5.41, 5.74) is 0.0888. The first kappa shape index (κ1) is 10.4. The zero-order valence-electron chi connectivity index (χ0n) is 8.07. The Kier molecular flexibility index (Phi) is 2.96. The van der Waals surface area contributed by atoms with Crippen LogP contribution < -0.4 is 4.74 Å². The molecule has 76 valence electrons. The Morgan fingerprint density at radius 2 is 2.00 bits per heavy atom. The van der Waals surface area contributed by atoms with Crippen LogP contribution in [0.15, 0.2) is 12.1 Å². The maximum Gasteiger partial charge on any atom is 0.164 e. The summed E-state index contributed by atoms with van der Waals surface area (Å²) in [5.74, 6) is -0.454. The van der Waals surface area contributed by atoms with E-state index in [1.807, 2.05) is 0 Å². The first-order chi connectivity index (χ1) is 6.56. The zero-order valence-corrected chi connectivity index (χ0v) is 8.07. The molecule has 0 saturated carbocycles. The van der Waals surface area contributed by atoms with Crippen molar-refractivity contribution in [2.24, 2.45) is 0 Å². The molecule has 14 heavy (non-hydrogen) atoms. The maximum atomic E-state index is 11.0. The highest BCUT2D eigenvalue weighted by Crippen LogP contribution is 2.33. The summed E-state index contributed by atoms with van der Waals surface area (Å²) in [6.07, 6.45) is 0. The number of phenolic OH excluding ortho intramolecular Hbond substituents is 2. The second kappa shape index (κ2) is 4.00. The van der Waals surface area contributed by atoms with Gasteiger partial charge >= 0.3 is 0 Å². The molecule has 0 heterocycles. The molecule has 4 nitrogen and oxygen atoms in total. The second-order valence-corrected chi connectivity index (χ2v) is 2.83. The fraction of sp³-hybridized carbons (Fsp3) is 0.300. The van der Waals surface area contributed by atoms with Gasteiger partial charge in [-0.3, -0.25) is 4.79 Å². The number of Topliss-reactive ketones (excluding diaryl/α,β-unsaturated/α-hetero) is 1. The van der Waals surface area contributed by atoms with Crippen LogP contribution in [0.5, 0.6) is 17.2 Å². The van der Waals surface area contributed by atoms with Crippen molar-refractivity contribution in [3.05, 3.63) is 17.7 Å². The van der Waals surface area contributed by atoms with Crippen LogP contribution in [0.4, 0.5) is 0 Å². The summed E-state index contributed by atoms with van der Waals surface area (Å²) in [7, 11) is 0. The average molecular weight is 196 g/mol. The molecule has 1 aromatic carbocycles. The van der Waals surface area contributed by atoms with Gasteiger partial charge < -0.3 is 14.9 Å². The van der Waals surface area contributed by atoms with Crippen LogP contribution in [-0.4, -0.2) is 22.6 Å². The van der Waals surface area contributed by atoms with Crippen molar-refractivity contribution in [1.82, 2.24) is 0 Å². The number of ketones is 1. The van der Waals surface area contributed by atoms with E-state index in [9.17, 15) is 15.0 Å². The van der Waals surface area contributed by atoms with Crippen LogP contribution in [0.2, 0.25) is 0 Å². The molecule has 1 aromatic rings. The zero-order chi connectivity index (χ0) is 10.7. The molecule has 0 radical (unpaired) electrons. The summed E-state index contributed by atoms with van der Waals surface area (Å²) >= 11 is 0. The molecule has 0 bridgehead atoms. The molecule has 0 aliphatic heterocycles. The third kappa shape index (κ3) is 1.96. The summed E-state index contributed by atoms with van der Waals surface area (Å²) in [6, 6.07) is 2.43. The highest BCUT2D eigenvalue weighted by molar-refractivity contribution is 5.97. The lowest BCUT2D eigenvalue weighted by Crippen LogP contribution is -1.96. The second-order valence-electron chi connectivity index (χ2n) is 2.83. The van der Waals surface area contributed by atoms with E-state index in [2.05, 4.69) is 0 Å². The van der Waals surface area contributed by atoms with Crippen LogP contribution >= 0.6 is 0 Å². The fourth-order valence-corrected chi connectivity index (χ4v) is 1.11. The number of carbonyl (C=O) groups excluding carboxylic acids is 1. The molecule has 1 rings (SSSR count). The molecular formula is C10H12O4.